The molecule has 3 unspecified atom stereocenters. The Balaban J connectivity index is 1.77. The van der Waals surface area contributed by atoms with Gasteiger partial charge in [0.05, 0.1) is 5.92 Å². The molecule has 0 amide bonds. The molecule has 86 valence electrons. The van der Waals surface area contributed by atoms with Crippen molar-refractivity contribution in [2.24, 2.45) is 11.8 Å². The molecule has 0 aromatic heterocycles. The van der Waals surface area contributed by atoms with Gasteiger partial charge in [0, 0.05) is 6.04 Å². The van der Waals surface area contributed by atoms with Crippen LogP contribution in [0.4, 0.5) is 0 Å². The number of carboxylic acids is 1. The first-order chi connectivity index (χ1) is 7.68. The summed E-state index contributed by atoms with van der Waals surface area (Å²) in [4.78, 5) is 10.7. The normalized spacial score (nSPS) is 25.1. The number of aliphatic carboxylic acids is 1. The van der Waals surface area contributed by atoms with E-state index in [2.05, 4.69) is 24.4 Å². The Bertz CT molecular complexity index is 363. The molecule has 0 saturated heterocycles. The van der Waals surface area contributed by atoms with Crippen LogP contribution in [0.25, 0.3) is 0 Å². The highest BCUT2D eigenvalue weighted by Gasteiger charge is 2.42. The van der Waals surface area contributed by atoms with E-state index in [4.69, 9.17) is 5.11 Å². The molecule has 16 heavy (non-hydrogen) atoms. The maximum absolute atomic E-state index is 10.7. The molecule has 0 spiro atoms. The second-order valence-electron chi connectivity index (χ2n) is 4.48. The smallest absolute Gasteiger partial charge is 0.306 e. The molecule has 3 nitrogen and oxygen atoms in total. The van der Waals surface area contributed by atoms with Crippen molar-refractivity contribution in [2.45, 2.75) is 19.4 Å². The van der Waals surface area contributed by atoms with Crippen molar-refractivity contribution in [1.82, 2.24) is 5.32 Å². The van der Waals surface area contributed by atoms with Crippen LogP contribution >= 0.6 is 0 Å². The molecule has 3 heteroatoms. The Kier molecular flexibility index (Phi) is 3.25. The van der Waals surface area contributed by atoms with E-state index in [9.17, 15) is 4.79 Å². The molecule has 1 aromatic carbocycles. The summed E-state index contributed by atoms with van der Waals surface area (Å²) in [6.45, 7) is 2.90. The zero-order valence-electron chi connectivity index (χ0n) is 9.39. The molecule has 2 N–H and O–H groups in total. The molecule has 0 radical (unpaired) electrons. The van der Waals surface area contributed by atoms with Crippen LogP contribution in [0.1, 0.15) is 24.9 Å². The van der Waals surface area contributed by atoms with Crippen molar-refractivity contribution in [1.29, 1.82) is 0 Å². The van der Waals surface area contributed by atoms with Crippen molar-refractivity contribution in [2.75, 3.05) is 6.54 Å². The number of hydrogen-bond acceptors (Lipinski definition) is 2. The SMILES string of the molecule is CC(NCC1CC1C(=O)O)c1ccccc1. The van der Waals surface area contributed by atoms with Crippen molar-refractivity contribution < 1.29 is 9.90 Å². The summed E-state index contributed by atoms with van der Waals surface area (Å²) < 4.78 is 0. The van der Waals surface area contributed by atoms with Crippen molar-refractivity contribution in [3.05, 3.63) is 35.9 Å². The van der Waals surface area contributed by atoms with Gasteiger partial charge in [0.1, 0.15) is 0 Å². The predicted molar refractivity (Wildman–Crippen MR) is 62.1 cm³/mol. The second kappa shape index (κ2) is 4.66. The molecule has 1 fully saturated rings. The van der Waals surface area contributed by atoms with Gasteiger partial charge in [0.25, 0.3) is 0 Å². The summed E-state index contributed by atoms with van der Waals surface area (Å²) >= 11 is 0. The fourth-order valence-corrected chi connectivity index (χ4v) is 1.96. The van der Waals surface area contributed by atoms with E-state index in [1.165, 1.54) is 5.56 Å². The second-order valence-corrected chi connectivity index (χ2v) is 4.48. The fraction of sp³-hybridized carbons (Fsp3) is 0.462. The van der Waals surface area contributed by atoms with E-state index >= 15 is 0 Å². The van der Waals surface area contributed by atoms with Crippen LogP contribution in [-0.4, -0.2) is 17.6 Å². The van der Waals surface area contributed by atoms with Crippen LogP contribution in [0.5, 0.6) is 0 Å². The lowest BCUT2D eigenvalue weighted by atomic mass is 10.1. The first-order valence-corrected chi connectivity index (χ1v) is 5.69. The van der Waals surface area contributed by atoms with E-state index < -0.39 is 5.97 Å². The number of rotatable bonds is 5. The zero-order valence-corrected chi connectivity index (χ0v) is 9.39. The Morgan fingerprint density at radius 3 is 2.75 bits per heavy atom. The molecular formula is C13H17NO2. The fourth-order valence-electron chi connectivity index (χ4n) is 1.96. The van der Waals surface area contributed by atoms with Crippen LogP contribution in [0, 0.1) is 11.8 Å². The maximum Gasteiger partial charge on any atom is 0.306 e. The molecule has 1 aromatic rings. The molecule has 1 saturated carbocycles. The highest BCUT2D eigenvalue weighted by molar-refractivity contribution is 5.73. The van der Waals surface area contributed by atoms with Gasteiger partial charge in [0.2, 0.25) is 0 Å². The van der Waals surface area contributed by atoms with Crippen LogP contribution in [0.2, 0.25) is 0 Å². The average Bonchev–Trinajstić information content (AvgIpc) is 3.06. The first-order valence-electron chi connectivity index (χ1n) is 5.69. The minimum atomic E-state index is -0.654. The predicted octanol–water partition coefficient (Wildman–Crippen LogP) is 2.06. The van der Waals surface area contributed by atoms with Crippen molar-refractivity contribution >= 4 is 5.97 Å². The van der Waals surface area contributed by atoms with Gasteiger partial charge in [-0.3, -0.25) is 4.79 Å². The average molecular weight is 219 g/mol. The highest BCUT2D eigenvalue weighted by Crippen LogP contribution is 2.38. The zero-order chi connectivity index (χ0) is 11.5. The number of nitrogens with one attached hydrogen (secondary N) is 1. The lowest BCUT2D eigenvalue weighted by molar-refractivity contribution is -0.138. The molecule has 0 bridgehead atoms. The summed E-state index contributed by atoms with van der Waals surface area (Å²) in [7, 11) is 0. The number of benzene rings is 1. The van der Waals surface area contributed by atoms with Crippen LogP contribution in [0.3, 0.4) is 0 Å². The molecule has 0 aliphatic heterocycles. The largest absolute Gasteiger partial charge is 0.481 e. The van der Waals surface area contributed by atoms with Gasteiger partial charge in [-0.2, -0.15) is 0 Å². The van der Waals surface area contributed by atoms with Gasteiger partial charge >= 0.3 is 5.97 Å². The number of carboxylic acid groups (broad SMARTS) is 1. The quantitative estimate of drug-likeness (QED) is 0.797. The van der Waals surface area contributed by atoms with Gasteiger partial charge in [-0.05, 0) is 31.4 Å². The molecule has 2 rings (SSSR count). The third-order valence-electron chi connectivity index (χ3n) is 3.23. The van der Waals surface area contributed by atoms with E-state index in [0.29, 0.717) is 5.92 Å². The highest BCUT2D eigenvalue weighted by atomic mass is 16.4. The third kappa shape index (κ3) is 2.61. The number of carbonyl (C=O) groups is 1. The van der Waals surface area contributed by atoms with Gasteiger partial charge in [-0.1, -0.05) is 30.3 Å². The van der Waals surface area contributed by atoms with E-state index in [1.54, 1.807) is 0 Å². The third-order valence-corrected chi connectivity index (χ3v) is 3.23. The summed E-state index contributed by atoms with van der Waals surface area (Å²) in [6, 6.07) is 10.5. The molecule has 0 heterocycles. The van der Waals surface area contributed by atoms with Crippen molar-refractivity contribution in [3.63, 3.8) is 0 Å². The standard InChI is InChI=1S/C13H17NO2/c1-9(10-5-3-2-4-6-10)14-8-11-7-12(11)13(15)16/h2-6,9,11-12,14H,7-8H2,1H3,(H,15,16). The Morgan fingerprint density at radius 2 is 2.19 bits per heavy atom. The van der Waals surface area contributed by atoms with Crippen molar-refractivity contribution in [3.8, 4) is 0 Å². The maximum atomic E-state index is 10.7. The molecule has 3 atom stereocenters. The first kappa shape index (κ1) is 11.1. The topological polar surface area (TPSA) is 49.3 Å². The van der Waals surface area contributed by atoms with E-state index in [0.717, 1.165) is 13.0 Å². The van der Waals surface area contributed by atoms with Gasteiger partial charge < -0.3 is 10.4 Å². The lowest BCUT2D eigenvalue weighted by Gasteiger charge is -2.13. The van der Waals surface area contributed by atoms with Crippen LogP contribution in [0.15, 0.2) is 30.3 Å². The van der Waals surface area contributed by atoms with Gasteiger partial charge in [-0.25, -0.2) is 0 Å². The van der Waals surface area contributed by atoms with Gasteiger partial charge in [0.15, 0.2) is 0 Å². The summed E-state index contributed by atoms with van der Waals surface area (Å²) in [5.41, 5.74) is 1.25. The van der Waals surface area contributed by atoms with E-state index in [-0.39, 0.29) is 12.0 Å². The molecule has 1 aliphatic carbocycles. The Morgan fingerprint density at radius 1 is 1.50 bits per heavy atom. The summed E-state index contributed by atoms with van der Waals surface area (Å²) in [5, 5.41) is 12.2. The van der Waals surface area contributed by atoms with Crippen LogP contribution in [-0.2, 0) is 4.79 Å². The van der Waals surface area contributed by atoms with Crippen LogP contribution < -0.4 is 5.32 Å². The van der Waals surface area contributed by atoms with E-state index in [1.807, 2.05) is 18.2 Å². The molecular weight excluding hydrogens is 202 g/mol. The number of hydrogen-bond donors (Lipinski definition) is 2. The van der Waals surface area contributed by atoms with Gasteiger partial charge in [-0.15, -0.1) is 0 Å². The summed E-state index contributed by atoms with van der Waals surface area (Å²) in [5.74, 6) is -0.446. The monoisotopic (exact) mass is 219 g/mol. The minimum absolute atomic E-state index is 0.115. The lowest BCUT2D eigenvalue weighted by Crippen LogP contribution is -2.22. The summed E-state index contributed by atoms with van der Waals surface area (Å²) in [6.07, 6.45) is 0.823. The molecule has 1 aliphatic rings. The Labute approximate surface area is 95.5 Å². The minimum Gasteiger partial charge on any atom is -0.481 e. The Hall–Kier alpha value is -1.35.